The van der Waals surface area contributed by atoms with Crippen LogP contribution >= 0.6 is 12.4 Å². The Balaban J connectivity index is 0.00000338. The van der Waals surface area contributed by atoms with Crippen LogP contribution in [0.15, 0.2) is 42.5 Å². The first-order valence-electron chi connectivity index (χ1n) is 7.82. The molecule has 0 aliphatic heterocycles. The third kappa shape index (κ3) is 5.03. The maximum Gasteiger partial charge on any atom is 0.142 e. The SMILES string of the molecule is CCOc1ccc(C(Nc2ccc(C(=N)N)cc2)C(=O)[O-])cc1NC.Cl. The third-order valence-corrected chi connectivity index (χ3v) is 3.65. The predicted molar refractivity (Wildman–Crippen MR) is 103 cm³/mol. The van der Waals surface area contributed by atoms with Gasteiger partial charge in [0.25, 0.3) is 0 Å². The summed E-state index contributed by atoms with van der Waals surface area (Å²) in [7, 11) is 1.74. The number of ether oxygens (including phenoxy) is 1. The lowest BCUT2D eigenvalue weighted by Gasteiger charge is -2.23. The van der Waals surface area contributed by atoms with Crippen LogP contribution in [0, 0.1) is 5.41 Å². The number of carbonyl (C=O) groups excluding carboxylic acids is 1. The number of nitrogens with two attached hydrogens (primary N) is 1. The zero-order chi connectivity index (χ0) is 18.4. The Morgan fingerprint density at radius 1 is 1.27 bits per heavy atom. The number of carboxylic acids is 1. The fraction of sp³-hybridized carbons (Fsp3) is 0.222. The number of rotatable bonds is 8. The lowest BCUT2D eigenvalue weighted by molar-refractivity contribution is -0.307. The van der Waals surface area contributed by atoms with Gasteiger partial charge in [-0.3, -0.25) is 5.41 Å². The van der Waals surface area contributed by atoms with Crippen LogP contribution in [0.3, 0.4) is 0 Å². The third-order valence-electron chi connectivity index (χ3n) is 3.65. The summed E-state index contributed by atoms with van der Waals surface area (Å²) in [5.74, 6) is -0.647. The van der Waals surface area contributed by atoms with Crippen molar-refractivity contribution in [3.05, 3.63) is 53.6 Å². The molecular weight excluding hydrogens is 356 g/mol. The number of anilines is 2. The molecule has 0 aliphatic carbocycles. The second-order valence-electron chi connectivity index (χ2n) is 5.33. The van der Waals surface area contributed by atoms with Crippen LogP contribution in [-0.4, -0.2) is 25.5 Å². The van der Waals surface area contributed by atoms with Crippen molar-refractivity contribution < 1.29 is 14.6 Å². The maximum absolute atomic E-state index is 11.6. The summed E-state index contributed by atoms with van der Waals surface area (Å²) in [6, 6.07) is 10.7. The number of hydrogen-bond acceptors (Lipinski definition) is 6. The maximum atomic E-state index is 11.6. The molecule has 2 rings (SSSR count). The second-order valence-corrected chi connectivity index (χ2v) is 5.33. The number of halogens is 1. The molecule has 0 aromatic heterocycles. The van der Waals surface area contributed by atoms with Gasteiger partial charge in [0.2, 0.25) is 0 Å². The van der Waals surface area contributed by atoms with E-state index in [4.69, 9.17) is 15.9 Å². The zero-order valence-corrected chi connectivity index (χ0v) is 15.4. The first-order chi connectivity index (χ1) is 12.0. The Morgan fingerprint density at radius 3 is 2.42 bits per heavy atom. The van der Waals surface area contributed by atoms with E-state index >= 15 is 0 Å². The molecular formula is C18H22ClN4O3-. The molecule has 0 saturated heterocycles. The molecule has 2 aromatic rings. The molecule has 0 saturated carbocycles. The molecule has 140 valence electrons. The summed E-state index contributed by atoms with van der Waals surface area (Å²) in [5, 5.41) is 24.9. The molecule has 0 radical (unpaired) electrons. The van der Waals surface area contributed by atoms with Crippen LogP contribution in [0.5, 0.6) is 5.75 Å². The van der Waals surface area contributed by atoms with Crippen molar-refractivity contribution in [2.75, 3.05) is 24.3 Å². The van der Waals surface area contributed by atoms with Crippen LogP contribution in [0.1, 0.15) is 24.1 Å². The van der Waals surface area contributed by atoms with Gasteiger partial charge in [-0.1, -0.05) is 6.07 Å². The van der Waals surface area contributed by atoms with E-state index in [1.54, 1.807) is 49.5 Å². The molecule has 5 N–H and O–H groups in total. The fourth-order valence-electron chi connectivity index (χ4n) is 2.39. The van der Waals surface area contributed by atoms with Crippen molar-refractivity contribution in [2.45, 2.75) is 13.0 Å². The smallest absolute Gasteiger partial charge is 0.142 e. The summed E-state index contributed by atoms with van der Waals surface area (Å²) in [4.78, 5) is 11.6. The average molecular weight is 378 g/mol. The second kappa shape index (κ2) is 9.53. The van der Waals surface area contributed by atoms with E-state index in [1.165, 1.54) is 0 Å². The minimum Gasteiger partial charge on any atom is -0.548 e. The van der Waals surface area contributed by atoms with Gasteiger partial charge in [-0.2, -0.15) is 0 Å². The number of nitrogens with one attached hydrogen (secondary N) is 3. The molecule has 0 aliphatic rings. The lowest BCUT2D eigenvalue weighted by atomic mass is 10.0. The normalized spacial score (nSPS) is 11.0. The van der Waals surface area contributed by atoms with Crippen LogP contribution in [-0.2, 0) is 4.79 Å². The van der Waals surface area contributed by atoms with E-state index < -0.39 is 12.0 Å². The van der Waals surface area contributed by atoms with E-state index in [9.17, 15) is 9.90 Å². The average Bonchev–Trinajstić information content (AvgIpc) is 2.60. The fourth-order valence-corrected chi connectivity index (χ4v) is 2.39. The van der Waals surface area contributed by atoms with Crippen molar-refractivity contribution >= 4 is 35.6 Å². The first-order valence-corrected chi connectivity index (χ1v) is 7.82. The van der Waals surface area contributed by atoms with Crippen molar-refractivity contribution in [3.8, 4) is 5.75 Å². The number of carbonyl (C=O) groups is 1. The van der Waals surface area contributed by atoms with Gasteiger partial charge in [0.15, 0.2) is 0 Å². The molecule has 1 unspecified atom stereocenters. The minimum atomic E-state index is -1.25. The molecule has 1 atom stereocenters. The summed E-state index contributed by atoms with van der Waals surface area (Å²) in [5.41, 5.74) is 7.79. The molecule has 0 spiro atoms. The Hall–Kier alpha value is -2.93. The number of hydrogen-bond donors (Lipinski definition) is 4. The molecule has 26 heavy (non-hydrogen) atoms. The van der Waals surface area contributed by atoms with Crippen molar-refractivity contribution in [1.29, 1.82) is 5.41 Å². The number of benzene rings is 2. The molecule has 0 bridgehead atoms. The minimum absolute atomic E-state index is 0. The standard InChI is InChI=1S/C18H22N4O3.ClH/c1-3-25-15-9-6-12(10-14(15)21-2)16(18(23)24)22-13-7-4-11(5-8-13)17(19)20;/h4-10,16,21-22H,3H2,1-2H3,(H3,19,20)(H,23,24);1H/p-1. The van der Waals surface area contributed by atoms with Crippen LogP contribution in [0.2, 0.25) is 0 Å². The highest BCUT2D eigenvalue weighted by atomic mass is 35.5. The van der Waals surface area contributed by atoms with Gasteiger partial charge in [0, 0.05) is 18.3 Å². The number of carboxylic acid groups (broad SMARTS) is 1. The molecule has 2 aromatic carbocycles. The van der Waals surface area contributed by atoms with Gasteiger partial charge < -0.3 is 31.0 Å². The van der Waals surface area contributed by atoms with Crippen LogP contribution in [0.4, 0.5) is 11.4 Å². The quantitative estimate of drug-likeness (QED) is 0.410. The Kier molecular flexibility index (Phi) is 7.74. The molecule has 0 heterocycles. The summed E-state index contributed by atoms with van der Waals surface area (Å²) < 4.78 is 5.50. The Morgan fingerprint density at radius 2 is 1.92 bits per heavy atom. The zero-order valence-electron chi connectivity index (χ0n) is 14.5. The molecule has 8 heteroatoms. The summed E-state index contributed by atoms with van der Waals surface area (Å²) >= 11 is 0. The highest BCUT2D eigenvalue weighted by molar-refractivity contribution is 5.95. The van der Waals surface area contributed by atoms with E-state index in [0.29, 0.717) is 34.9 Å². The Labute approximate surface area is 158 Å². The van der Waals surface area contributed by atoms with Gasteiger partial charge in [-0.15, -0.1) is 12.4 Å². The Bertz CT molecular complexity index is 766. The number of amidine groups is 1. The van der Waals surface area contributed by atoms with E-state index in [2.05, 4.69) is 10.6 Å². The highest BCUT2D eigenvalue weighted by Gasteiger charge is 2.15. The molecule has 0 fully saturated rings. The van der Waals surface area contributed by atoms with Gasteiger partial charge in [0.1, 0.15) is 11.6 Å². The van der Waals surface area contributed by atoms with E-state index in [0.717, 1.165) is 0 Å². The summed E-state index contributed by atoms with van der Waals surface area (Å²) in [6.45, 7) is 2.39. The van der Waals surface area contributed by atoms with Crippen molar-refractivity contribution in [1.82, 2.24) is 0 Å². The molecule has 7 nitrogen and oxygen atoms in total. The van der Waals surface area contributed by atoms with Crippen molar-refractivity contribution in [2.24, 2.45) is 5.73 Å². The largest absolute Gasteiger partial charge is 0.548 e. The highest BCUT2D eigenvalue weighted by Crippen LogP contribution is 2.29. The number of aliphatic carboxylic acids is 1. The first kappa shape index (κ1) is 21.1. The number of nitrogen functional groups attached to an aromatic ring is 1. The lowest BCUT2D eigenvalue weighted by Crippen LogP contribution is -2.34. The van der Waals surface area contributed by atoms with Crippen LogP contribution < -0.4 is 26.2 Å². The topological polar surface area (TPSA) is 123 Å². The van der Waals surface area contributed by atoms with Gasteiger partial charge in [-0.05, 0) is 48.9 Å². The van der Waals surface area contributed by atoms with E-state index in [-0.39, 0.29) is 18.2 Å². The monoisotopic (exact) mass is 377 g/mol. The van der Waals surface area contributed by atoms with Crippen LogP contribution in [0.25, 0.3) is 0 Å². The van der Waals surface area contributed by atoms with Gasteiger partial charge >= 0.3 is 0 Å². The van der Waals surface area contributed by atoms with Gasteiger partial charge in [-0.25, -0.2) is 0 Å². The van der Waals surface area contributed by atoms with E-state index in [1.807, 2.05) is 6.92 Å². The molecule has 0 amide bonds. The predicted octanol–water partition coefficient (Wildman–Crippen LogP) is 1.74. The van der Waals surface area contributed by atoms with Gasteiger partial charge in [0.05, 0.1) is 24.3 Å². The summed E-state index contributed by atoms with van der Waals surface area (Å²) in [6.07, 6.45) is 0. The van der Waals surface area contributed by atoms with Crippen molar-refractivity contribution in [3.63, 3.8) is 0 Å².